The molecular formula is C22H21Cl2NOS. The highest BCUT2D eigenvalue weighted by molar-refractivity contribution is 7.88. The van der Waals surface area contributed by atoms with E-state index < -0.39 is 15.0 Å². The van der Waals surface area contributed by atoms with Gasteiger partial charge in [0.15, 0.2) is 0 Å². The second-order valence-electron chi connectivity index (χ2n) is 6.56. The highest BCUT2D eigenvalue weighted by atomic mass is 35.5. The molecule has 0 aliphatic carbocycles. The fourth-order valence-electron chi connectivity index (χ4n) is 2.87. The van der Waals surface area contributed by atoms with Crippen LogP contribution in [0.5, 0.6) is 0 Å². The average molecular weight is 418 g/mol. The van der Waals surface area contributed by atoms with E-state index in [1.54, 1.807) is 6.92 Å². The van der Waals surface area contributed by atoms with Crippen molar-refractivity contribution in [2.24, 2.45) is 0 Å². The molecule has 27 heavy (non-hydrogen) atoms. The maximum Gasteiger partial charge on any atom is 0.145 e. The zero-order chi connectivity index (χ0) is 19.4. The third-order valence-electron chi connectivity index (χ3n) is 4.40. The number of aryl methyl sites for hydroxylation is 1. The molecule has 0 aliphatic rings. The molecule has 0 aromatic heterocycles. The van der Waals surface area contributed by atoms with Gasteiger partial charge in [-0.15, -0.1) is 11.6 Å². The van der Waals surface area contributed by atoms with Gasteiger partial charge in [-0.2, -0.15) is 0 Å². The summed E-state index contributed by atoms with van der Waals surface area (Å²) in [4.78, 5) is 0.701. The van der Waals surface area contributed by atoms with Crippen LogP contribution in [0.3, 0.4) is 0 Å². The molecule has 0 spiro atoms. The zero-order valence-electron chi connectivity index (χ0n) is 15.2. The molecule has 0 heterocycles. The number of anilines is 1. The number of hydrogen-bond donors (Lipinski definition) is 1. The maximum absolute atomic E-state index is 13.4. The lowest BCUT2D eigenvalue weighted by molar-refractivity contribution is 0.635. The van der Waals surface area contributed by atoms with Gasteiger partial charge >= 0.3 is 0 Å². The molecule has 0 saturated carbocycles. The van der Waals surface area contributed by atoms with Crippen molar-refractivity contribution in [1.82, 2.24) is 0 Å². The Balaban J connectivity index is 2.00. The zero-order valence-corrected chi connectivity index (χ0v) is 17.5. The summed E-state index contributed by atoms with van der Waals surface area (Å²) in [5.41, 5.74) is 2.94. The maximum atomic E-state index is 13.4. The minimum Gasteiger partial charge on any atom is -0.375 e. The van der Waals surface area contributed by atoms with E-state index in [-0.39, 0.29) is 6.04 Å². The normalized spacial score (nSPS) is 15.6. The fraction of sp³-hybridized carbons (Fsp3) is 0.182. The summed E-state index contributed by atoms with van der Waals surface area (Å²) in [7, 11) is -1.44. The Hall–Kier alpha value is -1.81. The van der Waals surface area contributed by atoms with Crippen LogP contribution < -0.4 is 5.32 Å². The van der Waals surface area contributed by atoms with Crippen LogP contribution >= 0.6 is 23.2 Å². The summed E-state index contributed by atoms with van der Waals surface area (Å²) in [6, 6.07) is 24.5. The van der Waals surface area contributed by atoms with Crippen LogP contribution in [0.2, 0.25) is 5.02 Å². The molecule has 0 amide bonds. The smallest absolute Gasteiger partial charge is 0.145 e. The summed E-state index contributed by atoms with van der Waals surface area (Å²) in [5.74, 6) is 0. The van der Waals surface area contributed by atoms with Crippen molar-refractivity contribution in [3.05, 3.63) is 95.0 Å². The van der Waals surface area contributed by atoms with Crippen LogP contribution in [-0.2, 0) is 10.8 Å². The Bertz CT molecular complexity index is 909. The van der Waals surface area contributed by atoms with Gasteiger partial charge in [-0.05, 0) is 55.8 Å². The molecule has 140 valence electrons. The van der Waals surface area contributed by atoms with Crippen LogP contribution in [0.15, 0.2) is 83.8 Å². The first-order valence-electron chi connectivity index (χ1n) is 8.62. The van der Waals surface area contributed by atoms with E-state index >= 15 is 0 Å². The minimum atomic E-state index is -1.44. The van der Waals surface area contributed by atoms with Gasteiger partial charge in [-0.3, -0.25) is 4.21 Å². The summed E-state index contributed by atoms with van der Waals surface area (Å²) >= 11 is 13.0. The monoisotopic (exact) mass is 417 g/mol. The van der Waals surface area contributed by atoms with Gasteiger partial charge in [-0.25, -0.2) is 0 Å². The molecule has 0 bridgehead atoms. The van der Waals surface area contributed by atoms with Crippen molar-refractivity contribution in [1.29, 1.82) is 0 Å². The van der Waals surface area contributed by atoms with E-state index in [1.807, 2.05) is 85.8 Å². The Morgan fingerprint density at radius 3 is 2.11 bits per heavy atom. The van der Waals surface area contributed by atoms with Gasteiger partial charge in [0, 0.05) is 15.6 Å². The first-order valence-corrected chi connectivity index (χ1v) is 10.5. The number of rotatable bonds is 6. The highest BCUT2D eigenvalue weighted by Gasteiger charge is 2.40. The fourth-order valence-corrected chi connectivity index (χ4v) is 4.69. The summed E-state index contributed by atoms with van der Waals surface area (Å²) in [6.07, 6.45) is 0. The van der Waals surface area contributed by atoms with Crippen molar-refractivity contribution in [3.63, 3.8) is 0 Å². The molecule has 3 aromatic carbocycles. The summed E-state index contributed by atoms with van der Waals surface area (Å²) < 4.78 is 12.3. The second-order valence-corrected chi connectivity index (χ2v) is 9.87. The van der Waals surface area contributed by atoms with Gasteiger partial charge in [0.2, 0.25) is 0 Å². The molecule has 3 rings (SSSR count). The lowest BCUT2D eigenvalue weighted by Gasteiger charge is -2.33. The highest BCUT2D eigenvalue weighted by Crippen LogP contribution is 2.40. The number of alkyl halides is 1. The van der Waals surface area contributed by atoms with E-state index in [4.69, 9.17) is 23.2 Å². The first kappa shape index (κ1) is 19.9. The lowest BCUT2D eigenvalue weighted by Crippen LogP contribution is -2.36. The first-order chi connectivity index (χ1) is 12.9. The molecule has 5 heteroatoms. The topological polar surface area (TPSA) is 29.1 Å². The Kier molecular flexibility index (Phi) is 6.25. The SMILES string of the molecule is Cc1ccc([S@@](=O)[C@](C)(Cl)[C@H](Nc2ccccc2)c2ccc(Cl)cc2)cc1. The third-order valence-corrected chi connectivity index (χ3v) is 6.95. The standard InChI is InChI=1S/C22H21Cl2NOS/c1-16-8-14-20(15-9-16)27(26)22(2,24)21(17-10-12-18(23)13-11-17)25-19-6-4-3-5-7-19/h3-15,21,25H,1-2H3/t21-,22+,27-/m1/s1. The summed E-state index contributed by atoms with van der Waals surface area (Å²) in [6.45, 7) is 3.81. The predicted molar refractivity (Wildman–Crippen MR) is 116 cm³/mol. The summed E-state index contributed by atoms with van der Waals surface area (Å²) in [5, 5.41) is 4.10. The average Bonchev–Trinajstić information content (AvgIpc) is 2.68. The Morgan fingerprint density at radius 2 is 1.52 bits per heavy atom. The van der Waals surface area contributed by atoms with Gasteiger partial charge in [-0.1, -0.05) is 59.6 Å². The van der Waals surface area contributed by atoms with E-state index in [0.29, 0.717) is 9.92 Å². The molecule has 0 aliphatic heterocycles. The molecule has 0 radical (unpaired) electrons. The molecule has 0 unspecified atom stereocenters. The van der Waals surface area contributed by atoms with Crippen molar-refractivity contribution in [2.75, 3.05) is 5.32 Å². The van der Waals surface area contributed by atoms with Gasteiger partial charge < -0.3 is 5.32 Å². The van der Waals surface area contributed by atoms with Crippen LogP contribution in [0.4, 0.5) is 5.69 Å². The van der Waals surface area contributed by atoms with E-state index in [0.717, 1.165) is 16.8 Å². The second kappa shape index (κ2) is 8.47. The Morgan fingerprint density at radius 1 is 0.926 bits per heavy atom. The van der Waals surface area contributed by atoms with Gasteiger partial charge in [0.25, 0.3) is 0 Å². The van der Waals surface area contributed by atoms with E-state index in [2.05, 4.69) is 5.32 Å². The molecule has 0 saturated heterocycles. The molecule has 1 N–H and O–H groups in total. The number of benzene rings is 3. The number of halogens is 2. The lowest BCUT2D eigenvalue weighted by atomic mass is 10.0. The molecule has 3 aromatic rings. The van der Waals surface area contributed by atoms with Crippen molar-refractivity contribution < 1.29 is 4.21 Å². The van der Waals surface area contributed by atoms with Crippen molar-refractivity contribution in [2.45, 2.75) is 29.0 Å². The molecule has 0 fully saturated rings. The largest absolute Gasteiger partial charge is 0.375 e. The van der Waals surface area contributed by atoms with Crippen LogP contribution in [0, 0.1) is 6.92 Å². The van der Waals surface area contributed by atoms with Crippen LogP contribution in [-0.4, -0.2) is 8.42 Å². The van der Waals surface area contributed by atoms with Crippen molar-refractivity contribution >= 4 is 39.7 Å². The van der Waals surface area contributed by atoms with Crippen LogP contribution in [0.1, 0.15) is 24.1 Å². The Labute approximate surface area is 173 Å². The quantitative estimate of drug-likeness (QED) is 0.459. The molecular weight excluding hydrogens is 397 g/mol. The minimum absolute atomic E-state index is 0.388. The number of hydrogen-bond acceptors (Lipinski definition) is 2. The van der Waals surface area contributed by atoms with Crippen LogP contribution in [0.25, 0.3) is 0 Å². The van der Waals surface area contributed by atoms with Gasteiger partial charge in [0.05, 0.1) is 16.8 Å². The number of nitrogens with one attached hydrogen (secondary N) is 1. The van der Waals surface area contributed by atoms with Crippen molar-refractivity contribution in [3.8, 4) is 0 Å². The van der Waals surface area contributed by atoms with Gasteiger partial charge in [0.1, 0.15) is 4.21 Å². The predicted octanol–water partition coefficient (Wildman–Crippen LogP) is 6.56. The third kappa shape index (κ3) is 4.73. The molecule has 2 nitrogen and oxygen atoms in total. The molecule has 3 atom stereocenters. The van der Waals surface area contributed by atoms with E-state index in [1.165, 1.54) is 0 Å². The van der Waals surface area contributed by atoms with E-state index in [9.17, 15) is 4.21 Å². The number of para-hydroxylation sites is 1.